The summed E-state index contributed by atoms with van der Waals surface area (Å²) in [6.45, 7) is 1.77. The van der Waals surface area contributed by atoms with E-state index in [1.807, 2.05) is 38.4 Å². The van der Waals surface area contributed by atoms with Gasteiger partial charge < -0.3 is 10.3 Å². The Bertz CT molecular complexity index is 831. The number of amides is 1. The number of benzene rings is 1. The van der Waals surface area contributed by atoms with Crippen molar-refractivity contribution >= 4 is 28.6 Å². The summed E-state index contributed by atoms with van der Waals surface area (Å²) in [6, 6.07) is 7.48. The Morgan fingerprint density at radius 3 is 2.45 bits per heavy atom. The summed E-state index contributed by atoms with van der Waals surface area (Å²) in [5.74, 6) is -1.09. The van der Waals surface area contributed by atoms with E-state index in [1.165, 1.54) is 0 Å². The zero-order valence-electron chi connectivity index (χ0n) is 12.6. The molecule has 3 rings (SSSR count). The van der Waals surface area contributed by atoms with Crippen LogP contribution >= 0.6 is 0 Å². The summed E-state index contributed by atoms with van der Waals surface area (Å²) >= 11 is 0. The number of nitrogens with two attached hydrogens (primary N) is 1. The number of nitrogens with zero attached hydrogens (tertiary/aromatic N) is 2. The van der Waals surface area contributed by atoms with E-state index in [1.54, 1.807) is 13.1 Å². The number of carbonyl (C=O) groups excluding carboxylic acids is 2. The van der Waals surface area contributed by atoms with Crippen molar-refractivity contribution in [1.29, 1.82) is 0 Å². The van der Waals surface area contributed by atoms with Crippen LogP contribution in [0.4, 0.5) is 5.69 Å². The molecule has 22 heavy (non-hydrogen) atoms. The van der Waals surface area contributed by atoms with Gasteiger partial charge in [-0.15, -0.1) is 0 Å². The summed E-state index contributed by atoms with van der Waals surface area (Å²) in [4.78, 5) is 23.9. The van der Waals surface area contributed by atoms with Crippen molar-refractivity contribution in [2.45, 2.75) is 6.92 Å². The van der Waals surface area contributed by atoms with Gasteiger partial charge in [0, 0.05) is 6.07 Å². The molecular formula is C16H16N3O3+. The Morgan fingerprint density at radius 1 is 1.18 bits per heavy atom. The van der Waals surface area contributed by atoms with Crippen molar-refractivity contribution in [3.63, 3.8) is 0 Å². The zero-order chi connectivity index (χ0) is 16.1. The van der Waals surface area contributed by atoms with Gasteiger partial charge in [0.1, 0.15) is 17.0 Å². The van der Waals surface area contributed by atoms with Crippen molar-refractivity contribution in [3.8, 4) is 0 Å². The second-order valence-electron chi connectivity index (χ2n) is 5.68. The summed E-state index contributed by atoms with van der Waals surface area (Å²) < 4.78 is 5.45. The molecular weight excluding hydrogens is 282 g/mol. The number of para-hydroxylation sites is 1. The average Bonchev–Trinajstić information content (AvgIpc) is 2.98. The monoisotopic (exact) mass is 298 g/mol. The lowest BCUT2D eigenvalue weighted by Gasteiger charge is -2.27. The first-order chi connectivity index (χ1) is 10.4. The van der Waals surface area contributed by atoms with E-state index in [0.717, 1.165) is 5.69 Å². The van der Waals surface area contributed by atoms with Crippen LogP contribution in [0.25, 0.3) is 11.3 Å². The predicted octanol–water partition coefficient (Wildman–Crippen LogP) is 1.49. The summed E-state index contributed by atoms with van der Waals surface area (Å²) in [6.07, 6.45) is 1.56. The predicted molar refractivity (Wildman–Crippen MR) is 82.3 cm³/mol. The molecule has 0 bridgehead atoms. The van der Waals surface area contributed by atoms with Gasteiger partial charge in [0.25, 0.3) is 11.7 Å². The number of rotatable bonds is 3. The molecule has 112 valence electrons. The highest BCUT2D eigenvalue weighted by Crippen LogP contribution is 2.47. The minimum absolute atomic E-state index is 0.312. The third kappa shape index (κ3) is 1.81. The van der Waals surface area contributed by atoms with E-state index >= 15 is 0 Å². The van der Waals surface area contributed by atoms with Crippen LogP contribution in [0.1, 0.15) is 16.9 Å². The van der Waals surface area contributed by atoms with Gasteiger partial charge in [-0.1, -0.05) is 17.3 Å². The van der Waals surface area contributed by atoms with Crippen molar-refractivity contribution in [2.75, 3.05) is 14.1 Å². The van der Waals surface area contributed by atoms with E-state index in [2.05, 4.69) is 5.16 Å². The standard InChI is InChI=1S/C16H15N3O3/c1-9-11(8-18-22-9)14-13(15(20)16(17)21)10-6-4-5-7-12(10)19(14,2)3/h4-8H,1-3H3,(H-,17,21)/p+1. The molecule has 1 aromatic carbocycles. The molecule has 6 heteroatoms. The van der Waals surface area contributed by atoms with Crippen LogP contribution in [0.5, 0.6) is 0 Å². The smallest absolute Gasteiger partial charge is 0.290 e. The van der Waals surface area contributed by atoms with E-state index in [4.69, 9.17) is 10.3 Å². The maximum absolute atomic E-state index is 12.4. The molecule has 0 saturated heterocycles. The number of hydrogen-bond donors (Lipinski definition) is 1. The van der Waals surface area contributed by atoms with E-state index in [0.29, 0.717) is 32.6 Å². The Kier molecular flexibility index (Phi) is 3.00. The molecule has 0 unspecified atom stereocenters. The Balaban J connectivity index is 2.39. The Hall–Kier alpha value is -2.73. The highest BCUT2D eigenvalue weighted by Gasteiger charge is 2.45. The Morgan fingerprint density at radius 2 is 1.86 bits per heavy atom. The maximum atomic E-state index is 12.4. The van der Waals surface area contributed by atoms with Crippen LogP contribution in [0.2, 0.25) is 0 Å². The van der Waals surface area contributed by atoms with Gasteiger partial charge in [0.2, 0.25) is 0 Å². The second-order valence-corrected chi connectivity index (χ2v) is 5.68. The van der Waals surface area contributed by atoms with Crippen LogP contribution in [-0.4, -0.2) is 30.9 Å². The molecule has 0 fully saturated rings. The topological polar surface area (TPSA) is 86.2 Å². The molecule has 0 saturated carbocycles. The molecule has 2 N–H and O–H groups in total. The number of quaternary nitrogens is 1. The lowest BCUT2D eigenvalue weighted by Crippen LogP contribution is -2.37. The molecule has 1 aliphatic heterocycles. The fourth-order valence-corrected chi connectivity index (χ4v) is 3.01. The zero-order valence-corrected chi connectivity index (χ0v) is 12.6. The fourth-order valence-electron chi connectivity index (χ4n) is 3.01. The maximum Gasteiger partial charge on any atom is 0.290 e. The lowest BCUT2D eigenvalue weighted by atomic mass is 9.98. The number of aryl methyl sites for hydroxylation is 1. The molecule has 6 nitrogen and oxygen atoms in total. The van der Waals surface area contributed by atoms with E-state index in [9.17, 15) is 9.59 Å². The van der Waals surface area contributed by atoms with Gasteiger partial charge >= 0.3 is 0 Å². The number of fused-ring (bicyclic) bond motifs is 1. The van der Waals surface area contributed by atoms with E-state index < -0.39 is 11.7 Å². The lowest BCUT2D eigenvalue weighted by molar-refractivity contribution is -0.132. The van der Waals surface area contributed by atoms with Gasteiger partial charge in [-0.25, -0.2) is 0 Å². The minimum Gasteiger partial charge on any atom is -0.363 e. The number of hydrogen-bond acceptors (Lipinski definition) is 4. The average molecular weight is 298 g/mol. The molecule has 1 aromatic heterocycles. The first kappa shape index (κ1) is 14.2. The fraction of sp³-hybridized carbons (Fsp3) is 0.188. The third-order valence-corrected chi connectivity index (χ3v) is 4.03. The van der Waals surface area contributed by atoms with Crippen molar-refractivity contribution in [3.05, 3.63) is 47.3 Å². The molecule has 0 atom stereocenters. The van der Waals surface area contributed by atoms with Gasteiger partial charge in [-0.05, 0) is 13.0 Å². The number of primary amides is 1. The number of aromatic nitrogens is 1. The van der Waals surface area contributed by atoms with Crippen LogP contribution < -0.4 is 10.2 Å². The van der Waals surface area contributed by atoms with Crippen LogP contribution in [0.15, 0.2) is 35.0 Å². The highest BCUT2D eigenvalue weighted by molar-refractivity contribution is 6.56. The molecule has 1 aliphatic rings. The molecule has 0 radical (unpaired) electrons. The minimum atomic E-state index is -0.974. The van der Waals surface area contributed by atoms with Crippen molar-refractivity contribution in [2.24, 2.45) is 5.73 Å². The van der Waals surface area contributed by atoms with Crippen LogP contribution in [0.3, 0.4) is 0 Å². The second kappa shape index (κ2) is 4.64. The van der Waals surface area contributed by atoms with Gasteiger partial charge in [0.05, 0.1) is 31.4 Å². The quantitative estimate of drug-likeness (QED) is 0.687. The summed E-state index contributed by atoms with van der Waals surface area (Å²) in [5, 5.41) is 3.79. The Labute approximate surface area is 127 Å². The third-order valence-electron chi connectivity index (χ3n) is 4.03. The normalized spacial score (nSPS) is 15.8. The summed E-state index contributed by atoms with van der Waals surface area (Å²) in [5.41, 5.74) is 8.57. The van der Waals surface area contributed by atoms with Gasteiger partial charge in [-0.3, -0.25) is 14.1 Å². The number of ketones is 1. The number of carbonyl (C=O) groups is 2. The van der Waals surface area contributed by atoms with Crippen LogP contribution in [-0.2, 0) is 9.59 Å². The highest BCUT2D eigenvalue weighted by atomic mass is 16.5. The molecule has 0 aliphatic carbocycles. The molecule has 2 heterocycles. The van der Waals surface area contributed by atoms with Gasteiger partial charge in [0.15, 0.2) is 5.70 Å². The SMILES string of the molecule is Cc1oncc1C1=C(C(=O)C(N)=O)c2ccccc2[N+]1(C)C. The molecule has 0 spiro atoms. The first-order valence-electron chi connectivity index (χ1n) is 6.80. The van der Waals surface area contributed by atoms with Crippen LogP contribution in [0, 0.1) is 6.92 Å². The molecule has 2 aromatic rings. The van der Waals surface area contributed by atoms with Gasteiger partial charge in [-0.2, -0.15) is 0 Å². The van der Waals surface area contributed by atoms with Crippen molar-refractivity contribution in [1.82, 2.24) is 9.64 Å². The first-order valence-corrected chi connectivity index (χ1v) is 6.80. The number of Topliss-reactive ketones (excluding diaryl/α,β-unsaturated/α-hetero) is 1. The molecule has 1 amide bonds. The largest absolute Gasteiger partial charge is 0.363 e. The summed E-state index contributed by atoms with van der Waals surface area (Å²) in [7, 11) is 3.89. The van der Waals surface area contributed by atoms with Crippen molar-refractivity contribution < 1.29 is 14.1 Å². The van der Waals surface area contributed by atoms with E-state index in [-0.39, 0.29) is 0 Å².